The van der Waals surface area contributed by atoms with Crippen molar-refractivity contribution in [3.05, 3.63) is 63.6 Å². The van der Waals surface area contributed by atoms with Crippen LogP contribution in [0.25, 0.3) is 0 Å². The Hall–Kier alpha value is -1.67. The fourth-order valence-electron chi connectivity index (χ4n) is 3.02. The highest BCUT2D eigenvalue weighted by atomic mass is 35.5. The molecule has 2 aromatic rings. The number of hydrogen-bond acceptors (Lipinski definition) is 4. The van der Waals surface area contributed by atoms with Crippen molar-refractivity contribution < 1.29 is 21.8 Å². The molecule has 0 aromatic heterocycles. The van der Waals surface area contributed by atoms with E-state index in [-0.39, 0.29) is 41.8 Å². The number of likely N-dealkylation sites (tertiary alicyclic amines) is 1. The third kappa shape index (κ3) is 5.28. The first-order valence-electron chi connectivity index (χ1n) is 8.99. The van der Waals surface area contributed by atoms with E-state index in [4.69, 9.17) is 27.4 Å². The Morgan fingerprint density at radius 2 is 1.72 bits per heavy atom. The molecule has 0 saturated carbocycles. The van der Waals surface area contributed by atoms with Crippen molar-refractivity contribution in [1.29, 1.82) is 0 Å². The first-order valence-corrected chi connectivity index (χ1v) is 11.2. The summed E-state index contributed by atoms with van der Waals surface area (Å²) in [5.41, 5.74) is -0.555. The number of benzene rings is 2. The maximum Gasteiger partial charge on any atom is 0.297 e. The minimum Gasteiger partial charge on any atom is -0.338 e. The average molecular weight is 460 g/mol. The van der Waals surface area contributed by atoms with Crippen LogP contribution in [0, 0.1) is 6.92 Å². The number of halogens is 3. The Morgan fingerprint density at radius 3 is 2.31 bits per heavy atom. The first-order chi connectivity index (χ1) is 13.6. The lowest BCUT2D eigenvalue weighted by atomic mass is 9.94. The lowest BCUT2D eigenvalue weighted by Crippen LogP contribution is -2.46. The number of carbonyl (C=O) groups excluding carboxylic acids is 1. The number of hydrogen-bond donors (Lipinski definition) is 0. The highest BCUT2D eigenvalue weighted by Crippen LogP contribution is 2.30. The number of aryl methyl sites for hydroxylation is 1. The molecular weight excluding hydrogens is 440 g/mol. The van der Waals surface area contributed by atoms with Gasteiger partial charge < -0.3 is 4.90 Å². The van der Waals surface area contributed by atoms with Crippen molar-refractivity contribution in [2.75, 3.05) is 19.7 Å². The molecule has 5 nitrogen and oxygen atoms in total. The van der Waals surface area contributed by atoms with E-state index in [0.717, 1.165) is 5.56 Å². The Labute approximate surface area is 179 Å². The lowest BCUT2D eigenvalue weighted by molar-refractivity contribution is 0.0186. The van der Waals surface area contributed by atoms with Gasteiger partial charge in [0.25, 0.3) is 16.0 Å². The summed E-state index contributed by atoms with van der Waals surface area (Å²) in [6, 6.07) is 10.7. The number of alkyl halides is 1. The van der Waals surface area contributed by atoms with Crippen molar-refractivity contribution in [2.45, 2.75) is 30.3 Å². The second kappa shape index (κ2) is 8.60. The molecule has 9 heteroatoms. The quantitative estimate of drug-likeness (QED) is 0.610. The minimum absolute atomic E-state index is 0.0149. The molecule has 1 heterocycles. The number of amides is 1. The standard InChI is InChI=1S/C20H20Cl2FNO4S/c1-14-2-5-16(6-3-14)29(26,27)28-13-20(23)8-10-24(11-9-20)19(25)15-4-7-17(21)18(22)12-15/h2-7,12H,8-11,13H2,1H3. The van der Waals surface area contributed by atoms with Crippen molar-refractivity contribution in [1.82, 2.24) is 4.90 Å². The topological polar surface area (TPSA) is 63.7 Å². The maximum absolute atomic E-state index is 15.1. The van der Waals surface area contributed by atoms with Gasteiger partial charge in [-0.2, -0.15) is 8.42 Å². The number of rotatable bonds is 5. The van der Waals surface area contributed by atoms with Gasteiger partial charge in [-0.1, -0.05) is 40.9 Å². The van der Waals surface area contributed by atoms with Crippen LogP contribution in [0.1, 0.15) is 28.8 Å². The van der Waals surface area contributed by atoms with Crippen molar-refractivity contribution in [2.24, 2.45) is 0 Å². The smallest absolute Gasteiger partial charge is 0.297 e. The second-order valence-electron chi connectivity index (χ2n) is 7.10. The van der Waals surface area contributed by atoms with Crippen LogP contribution in [-0.2, 0) is 14.3 Å². The van der Waals surface area contributed by atoms with Gasteiger partial charge in [0.15, 0.2) is 0 Å². The van der Waals surface area contributed by atoms with Crippen LogP contribution < -0.4 is 0 Å². The van der Waals surface area contributed by atoms with Crippen LogP contribution in [0.15, 0.2) is 47.4 Å². The normalized spacial score (nSPS) is 16.6. The Bertz CT molecular complexity index is 1000. The maximum atomic E-state index is 15.1. The Kier molecular flexibility index (Phi) is 6.53. The van der Waals surface area contributed by atoms with E-state index in [0.29, 0.717) is 10.6 Å². The molecule has 0 aliphatic carbocycles. The predicted octanol–water partition coefficient (Wildman–Crippen LogP) is 4.65. The SMILES string of the molecule is Cc1ccc(S(=O)(=O)OCC2(F)CCN(C(=O)c3ccc(Cl)c(Cl)c3)CC2)cc1. The molecule has 1 aliphatic rings. The largest absolute Gasteiger partial charge is 0.338 e. The summed E-state index contributed by atoms with van der Waals surface area (Å²) in [4.78, 5) is 14.1. The minimum atomic E-state index is -4.04. The van der Waals surface area contributed by atoms with Gasteiger partial charge in [0.2, 0.25) is 0 Å². The highest BCUT2D eigenvalue weighted by molar-refractivity contribution is 7.86. The zero-order valence-electron chi connectivity index (χ0n) is 15.7. The molecule has 29 heavy (non-hydrogen) atoms. The third-order valence-corrected chi connectivity index (χ3v) is 6.91. The van der Waals surface area contributed by atoms with Gasteiger partial charge in [0.05, 0.1) is 14.9 Å². The third-order valence-electron chi connectivity index (χ3n) is 4.90. The molecule has 0 atom stereocenters. The van der Waals surface area contributed by atoms with Crippen LogP contribution in [-0.4, -0.2) is 44.6 Å². The van der Waals surface area contributed by atoms with E-state index in [2.05, 4.69) is 0 Å². The van der Waals surface area contributed by atoms with E-state index < -0.39 is 22.4 Å². The van der Waals surface area contributed by atoms with E-state index in [1.165, 1.54) is 29.2 Å². The summed E-state index contributed by atoms with van der Waals surface area (Å²) in [7, 11) is -4.04. The van der Waals surface area contributed by atoms with Gasteiger partial charge in [-0.25, -0.2) is 4.39 Å². The zero-order valence-corrected chi connectivity index (χ0v) is 18.0. The highest BCUT2D eigenvalue weighted by Gasteiger charge is 2.38. The Balaban J connectivity index is 1.59. The monoisotopic (exact) mass is 459 g/mol. The van der Waals surface area contributed by atoms with Gasteiger partial charge >= 0.3 is 0 Å². The first kappa shape index (κ1) is 22.0. The van der Waals surface area contributed by atoms with Gasteiger partial charge in [0.1, 0.15) is 12.3 Å². The lowest BCUT2D eigenvalue weighted by Gasteiger charge is -2.36. The molecule has 1 fully saturated rings. The zero-order chi connectivity index (χ0) is 21.2. The van der Waals surface area contributed by atoms with Crippen molar-refractivity contribution in [3.8, 4) is 0 Å². The number of nitrogens with zero attached hydrogens (tertiary/aromatic N) is 1. The molecule has 0 radical (unpaired) electrons. The molecule has 0 unspecified atom stereocenters. The fourth-order valence-corrected chi connectivity index (χ4v) is 4.29. The molecular formula is C20H20Cl2FNO4S. The van der Waals surface area contributed by atoms with Crippen LogP contribution >= 0.6 is 23.2 Å². The van der Waals surface area contributed by atoms with Gasteiger partial charge in [-0.05, 0) is 37.3 Å². The molecule has 156 valence electrons. The van der Waals surface area contributed by atoms with Crippen LogP contribution in [0.4, 0.5) is 4.39 Å². The van der Waals surface area contributed by atoms with Crippen LogP contribution in [0.5, 0.6) is 0 Å². The molecule has 1 saturated heterocycles. The number of piperidine rings is 1. The van der Waals surface area contributed by atoms with E-state index in [1.807, 2.05) is 6.92 Å². The fraction of sp³-hybridized carbons (Fsp3) is 0.350. The summed E-state index contributed by atoms with van der Waals surface area (Å²) < 4.78 is 44.6. The molecule has 0 spiro atoms. The Morgan fingerprint density at radius 1 is 1.10 bits per heavy atom. The molecule has 0 bridgehead atoms. The molecule has 0 N–H and O–H groups in total. The van der Waals surface area contributed by atoms with Crippen molar-refractivity contribution >= 4 is 39.2 Å². The van der Waals surface area contributed by atoms with Gasteiger partial charge in [0, 0.05) is 31.5 Å². The van der Waals surface area contributed by atoms with Crippen LogP contribution in [0.3, 0.4) is 0 Å². The summed E-state index contributed by atoms with van der Waals surface area (Å²) in [5, 5.41) is 0.612. The summed E-state index contributed by atoms with van der Waals surface area (Å²) in [6.45, 7) is 1.53. The molecule has 1 aliphatic heterocycles. The van der Waals surface area contributed by atoms with Crippen LogP contribution in [0.2, 0.25) is 10.0 Å². The van der Waals surface area contributed by atoms with E-state index in [9.17, 15) is 13.2 Å². The van der Waals surface area contributed by atoms with Gasteiger partial charge in [-0.15, -0.1) is 0 Å². The number of carbonyl (C=O) groups is 1. The predicted molar refractivity (Wildman–Crippen MR) is 110 cm³/mol. The molecule has 3 rings (SSSR count). The van der Waals surface area contributed by atoms with E-state index in [1.54, 1.807) is 18.2 Å². The summed E-state index contributed by atoms with van der Waals surface area (Å²) in [6.07, 6.45) is -0.0487. The second-order valence-corrected chi connectivity index (χ2v) is 9.53. The van der Waals surface area contributed by atoms with Crippen molar-refractivity contribution in [3.63, 3.8) is 0 Å². The molecule has 2 aromatic carbocycles. The summed E-state index contributed by atoms with van der Waals surface area (Å²) in [5.74, 6) is -0.279. The molecule has 1 amide bonds. The van der Waals surface area contributed by atoms with E-state index >= 15 is 4.39 Å². The van der Waals surface area contributed by atoms with Gasteiger partial charge in [-0.3, -0.25) is 8.98 Å². The average Bonchev–Trinajstić information content (AvgIpc) is 2.69. The summed E-state index contributed by atoms with van der Waals surface area (Å²) >= 11 is 11.8.